The van der Waals surface area contributed by atoms with Gasteiger partial charge in [0.05, 0.1) is 13.2 Å². The molecule has 1 aromatic rings. The molecule has 1 aromatic heterocycles. The van der Waals surface area contributed by atoms with Crippen LogP contribution in [0.15, 0.2) is 18.3 Å². The van der Waals surface area contributed by atoms with Crippen LogP contribution in [0.2, 0.25) is 0 Å². The number of nitrogens with zero attached hydrogens (tertiary/aromatic N) is 2. The summed E-state index contributed by atoms with van der Waals surface area (Å²) in [6.45, 7) is 5.34. The zero-order valence-electron chi connectivity index (χ0n) is 11.1. The van der Waals surface area contributed by atoms with Crippen LogP contribution in [0, 0.1) is 0 Å². The molecule has 0 spiro atoms. The summed E-state index contributed by atoms with van der Waals surface area (Å²) in [4.78, 5) is 17.7. The van der Waals surface area contributed by atoms with Gasteiger partial charge in [0.1, 0.15) is 11.9 Å². The predicted molar refractivity (Wildman–Crippen MR) is 72.8 cm³/mol. The summed E-state index contributed by atoms with van der Waals surface area (Å²) >= 11 is 0. The first-order valence-electron chi connectivity index (χ1n) is 6.51. The lowest BCUT2D eigenvalue weighted by atomic mass is 10.2. The van der Waals surface area contributed by atoms with Crippen molar-refractivity contribution in [3.63, 3.8) is 0 Å². The van der Waals surface area contributed by atoms with Crippen LogP contribution in [0.5, 0.6) is 0 Å². The van der Waals surface area contributed by atoms with Gasteiger partial charge in [0.15, 0.2) is 0 Å². The number of carbonyl (C=O) groups is 1. The first-order chi connectivity index (χ1) is 9.22. The van der Waals surface area contributed by atoms with Crippen LogP contribution in [0.1, 0.15) is 12.5 Å². The van der Waals surface area contributed by atoms with Crippen molar-refractivity contribution in [1.29, 1.82) is 0 Å². The monoisotopic (exact) mass is 264 g/mol. The molecule has 3 N–H and O–H groups in total. The highest BCUT2D eigenvalue weighted by molar-refractivity contribution is 5.83. The lowest BCUT2D eigenvalue weighted by Gasteiger charge is -2.34. The Morgan fingerprint density at radius 1 is 1.63 bits per heavy atom. The number of ether oxygens (including phenoxy) is 1. The van der Waals surface area contributed by atoms with Crippen molar-refractivity contribution in [3.05, 3.63) is 23.9 Å². The van der Waals surface area contributed by atoms with Crippen molar-refractivity contribution in [1.82, 2.24) is 10.3 Å². The summed E-state index contributed by atoms with van der Waals surface area (Å²) in [6, 6.07) is 3.51. The highest BCUT2D eigenvalue weighted by atomic mass is 16.5. The van der Waals surface area contributed by atoms with Gasteiger partial charge in [-0.3, -0.25) is 4.79 Å². The van der Waals surface area contributed by atoms with E-state index < -0.39 is 6.04 Å². The molecular formula is C13H20N4O2. The molecule has 104 valence electrons. The number of hydrogen-bond acceptors (Lipinski definition) is 5. The van der Waals surface area contributed by atoms with E-state index in [2.05, 4.69) is 17.2 Å². The highest BCUT2D eigenvalue weighted by Gasteiger charge is 2.28. The average Bonchev–Trinajstić information content (AvgIpc) is 2.45. The lowest BCUT2D eigenvalue weighted by Crippen LogP contribution is -2.53. The molecule has 1 amide bonds. The molecule has 2 rings (SSSR count). The molecule has 1 saturated heterocycles. The molecule has 1 unspecified atom stereocenters. The Bertz CT molecular complexity index is 421. The van der Waals surface area contributed by atoms with Gasteiger partial charge in [-0.25, -0.2) is 4.98 Å². The molecule has 6 nitrogen and oxygen atoms in total. The van der Waals surface area contributed by atoms with Gasteiger partial charge in [-0.15, -0.1) is 0 Å². The van der Waals surface area contributed by atoms with E-state index in [1.807, 2.05) is 23.2 Å². The number of carbonyl (C=O) groups excluding carboxylic acids is 1. The number of morpholine rings is 1. The second-order valence-corrected chi connectivity index (χ2v) is 4.49. The lowest BCUT2D eigenvalue weighted by molar-refractivity contribution is -0.121. The first-order valence-corrected chi connectivity index (χ1v) is 6.51. The summed E-state index contributed by atoms with van der Waals surface area (Å²) in [5, 5.41) is 3.24. The van der Waals surface area contributed by atoms with Crippen molar-refractivity contribution >= 4 is 11.7 Å². The van der Waals surface area contributed by atoms with Crippen LogP contribution in [0.25, 0.3) is 0 Å². The number of rotatable bonds is 5. The third-order valence-corrected chi connectivity index (χ3v) is 3.14. The van der Waals surface area contributed by atoms with Gasteiger partial charge in [0, 0.05) is 19.3 Å². The van der Waals surface area contributed by atoms with E-state index in [0.29, 0.717) is 19.8 Å². The third-order valence-electron chi connectivity index (χ3n) is 3.14. The van der Waals surface area contributed by atoms with Gasteiger partial charge in [-0.1, -0.05) is 13.0 Å². The maximum atomic E-state index is 11.4. The second-order valence-electron chi connectivity index (χ2n) is 4.49. The Labute approximate surface area is 112 Å². The molecule has 6 heteroatoms. The predicted octanol–water partition coefficient (Wildman–Crippen LogP) is -0.118. The molecule has 0 aromatic carbocycles. The first kappa shape index (κ1) is 13.8. The van der Waals surface area contributed by atoms with Gasteiger partial charge in [-0.05, 0) is 18.2 Å². The van der Waals surface area contributed by atoms with Gasteiger partial charge in [0.2, 0.25) is 5.91 Å². The topological polar surface area (TPSA) is 80.5 Å². The Kier molecular flexibility index (Phi) is 4.70. The smallest absolute Gasteiger partial charge is 0.242 e. The fraction of sp³-hybridized carbons (Fsp3) is 0.538. The molecule has 19 heavy (non-hydrogen) atoms. The van der Waals surface area contributed by atoms with E-state index in [9.17, 15) is 4.79 Å². The summed E-state index contributed by atoms with van der Waals surface area (Å²) in [6.07, 6.45) is 1.82. The van der Waals surface area contributed by atoms with Crippen molar-refractivity contribution in [3.8, 4) is 0 Å². The van der Waals surface area contributed by atoms with Crippen LogP contribution in [0.4, 0.5) is 5.82 Å². The minimum atomic E-state index is -0.430. The summed E-state index contributed by atoms with van der Waals surface area (Å²) < 4.78 is 5.29. The maximum absolute atomic E-state index is 11.4. The van der Waals surface area contributed by atoms with Crippen LogP contribution >= 0.6 is 0 Å². The Balaban J connectivity index is 2.09. The van der Waals surface area contributed by atoms with Crippen LogP contribution in [0.3, 0.4) is 0 Å². The van der Waals surface area contributed by atoms with E-state index in [1.54, 1.807) is 0 Å². The number of nitrogens with two attached hydrogens (primary N) is 1. The summed E-state index contributed by atoms with van der Waals surface area (Å²) in [5.74, 6) is 0.394. The molecule has 0 radical (unpaired) electrons. The van der Waals surface area contributed by atoms with E-state index in [4.69, 9.17) is 10.5 Å². The van der Waals surface area contributed by atoms with Crippen molar-refractivity contribution in [2.75, 3.05) is 31.2 Å². The third kappa shape index (κ3) is 3.42. The van der Waals surface area contributed by atoms with Gasteiger partial charge >= 0.3 is 0 Å². The Morgan fingerprint density at radius 2 is 2.47 bits per heavy atom. The molecule has 1 atom stereocenters. The SMILES string of the molecule is CCNCc1ccc(N2CCOCC2C(N)=O)nc1. The minimum absolute atomic E-state index is 0.330. The summed E-state index contributed by atoms with van der Waals surface area (Å²) in [5.41, 5.74) is 6.51. The molecule has 0 saturated carbocycles. The van der Waals surface area contributed by atoms with Crippen molar-refractivity contribution < 1.29 is 9.53 Å². The number of primary amides is 1. The van der Waals surface area contributed by atoms with Crippen molar-refractivity contribution in [2.45, 2.75) is 19.5 Å². The fourth-order valence-electron chi connectivity index (χ4n) is 2.07. The molecule has 2 heterocycles. The van der Waals surface area contributed by atoms with Crippen LogP contribution in [-0.2, 0) is 16.1 Å². The van der Waals surface area contributed by atoms with Gasteiger partial charge in [-0.2, -0.15) is 0 Å². The normalized spacial score (nSPS) is 19.4. The van der Waals surface area contributed by atoms with E-state index in [1.165, 1.54) is 0 Å². The molecular weight excluding hydrogens is 244 g/mol. The summed E-state index contributed by atoms with van der Waals surface area (Å²) in [7, 11) is 0. The Hall–Kier alpha value is -1.66. The minimum Gasteiger partial charge on any atom is -0.377 e. The van der Waals surface area contributed by atoms with Crippen LogP contribution < -0.4 is 16.0 Å². The number of anilines is 1. The Morgan fingerprint density at radius 3 is 3.11 bits per heavy atom. The average molecular weight is 264 g/mol. The highest BCUT2D eigenvalue weighted by Crippen LogP contribution is 2.17. The van der Waals surface area contributed by atoms with E-state index in [0.717, 1.165) is 24.5 Å². The van der Waals surface area contributed by atoms with Crippen molar-refractivity contribution in [2.24, 2.45) is 5.73 Å². The zero-order chi connectivity index (χ0) is 13.7. The molecule has 0 aliphatic carbocycles. The number of amides is 1. The molecule has 1 aliphatic heterocycles. The standard InChI is InChI=1S/C13H20N4O2/c1-2-15-7-10-3-4-12(16-8-10)17-5-6-19-9-11(17)13(14)18/h3-4,8,11,15H,2,5-7,9H2,1H3,(H2,14,18). The molecule has 1 fully saturated rings. The second kappa shape index (κ2) is 6.49. The fourth-order valence-corrected chi connectivity index (χ4v) is 2.07. The largest absolute Gasteiger partial charge is 0.377 e. The van der Waals surface area contributed by atoms with Crippen LogP contribution in [-0.4, -0.2) is 43.2 Å². The number of hydrogen-bond donors (Lipinski definition) is 2. The maximum Gasteiger partial charge on any atom is 0.242 e. The molecule has 1 aliphatic rings. The zero-order valence-corrected chi connectivity index (χ0v) is 11.1. The molecule has 0 bridgehead atoms. The van der Waals surface area contributed by atoms with E-state index >= 15 is 0 Å². The van der Waals surface area contributed by atoms with Gasteiger partial charge in [0.25, 0.3) is 0 Å². The number of nitrogens with one attached hydrogen (secondary N) is 1. The van der Waals surface area contributed by atoms with Gasteiger partial charge < -0.3 is 20.7 Å². The van der Waals surface area contributed by atoms with E-state index in [-0.39, 0.29) is 5.91 Å². The number of pyridine rings is 1. The quantitative estimate of drug-likeness (QED) is 0.775. The number of aromatic nitrogens is 1.